The van der Waals surface area contributed by atoms with Gasteiger partial charge in [-0.1, -0.05) is 32.0 Å². The summed E-state index contributed by atoms with van der Waals surface area (Å²) in [6, 6.07) is 6.04. The van der Waals surface area contributed by atoms with Crippen molar-refractivity contribution < 1.29 is 19.1 Å². The van der Waals surface area contributed by atoms with Gasteiger partial charge in [0, 0.05) is 19.3 Å². The molecule has 120 valence electrons. The smallest absolute Gasteiger partial charge is 0.324 e. The van der Waals surface area contributed by atoms with E-state index in [4.69, 9.17) is 9.47 Å². The third-order valence-electron chi connectivity index (χ3n) is 4.70. The standard InChI is InChI=1S/C18H24O4/c1-7-18(6,13-9-8-11(2)12(3)10-13)14-15(19)21-17(4,5)22-16(14)20/h8-10,14H,7H2,1-6H3/t18-/m0/s1. The second-order valence-electron chi connectivity index (χ2n) is 6.75. The van der Waals surface area contributed by atoms with Gasteiger partial charge in [0.05, 0.1) is 0 Å². The van der Waals surface area contributed by atoms with E-state index in [2.05, 4.69) is 0 Å². The van der Waals surface area contributed by atoms with Crippen molar-refractivity contribution in [1.82, 2.24) is 0 Å². The molecule has 0 unspecified atom stereocenters. The van der Waals surface area contributed by atoms with Gasteiger partial charge in [-0.3, -0.25) is 9.59 Å². The lowest BCUT2D eigenvalue weighted by molar-refractivity contribution is -0.243. The van der Waals surface area contributed by atoms with Crippen LogP contribution in [0.25, 0.3) is 0 Å². The molecule has 0 amide bonds. The number of ether oxygens (including phenoxy) is 2. The van der Waals surface area contributed by atoms with Gasteiger partial charge in [0.15, 0.2) is 5.92 Å². The van der Waals surface area contributed by atoms with Gasteiger partial charge in [-0.15, -0.1) is 0 Å². The predicted molar refractivity (Wildman–Crippen MR) is 83.3 cm³/mol. The lowest BCUT2D eigenvalue weighted by atomic mass is 9.69. The zero-order chi connectivity index (χ0) is 16.7. The first-order valence-electron chi connectivity index (χ1n) is 7.64. The third kappa shape index (κ3) is 2.74. The summed E-state index contributed by atoms with van der Waals surface area (Å²) < 4.78 is 10.6. The first kappa shape index (κ1) is 16.5. The number of benzene rings is 1. The highest BCUT2D eigenvalue weighted by Crippen LogP contribution is 2.41. The maximum atomic E-state index is 12.4. The number of esters is 2. The van der Waals surface area contributed by atoms with E-state index in [0.29, 0.717) is 6.42 Å². The maximum absolute atomic E-state index is 12.4. The van der Waals surface area contributed by atoms with Crippen LogP contribution < -0.4 is 0 Å². The molecule has 0 aromatic heterocycles. The fourth-order valence-corrected chi connectivity index (χ4v) is 2.91. The van der Waals surface area contributed by atoms with Crippen LogP contribution in [0, 0.1) is 19.8 Å². The average Bonchev–Trinajstić information content (AvgIpc) is 2.39. The quantitative estimate of drug-likeness (QED) is 0.634. The Hall–Kier alpha value is -1.84. The fraction of sp³-hybridized carbons (Fsp3) is 0.556. The minimum Gasteiger partial charge on any atom is -0.422 e. The highest BCUT2D eigenvalue weighted by molar-refractivity contribution is 5.98. The van der Waals surface area contributed by atoms with E-state index in [0.717, 1.165) is 11.1 Å². The van der Waals surface area contributed by atoms with Crippen LogP contribution in [0.2, 0.25) is 0 Å². The molecule has 1 aromatic rings. The van der Waals surface area contributed by atoms with Crippen molar-refractivity contribution in [3.05, 3.63) is 34.9 Å². The van der Waals surface area contributed by atoms with Crippen LogP contribution in [0.3, 0.4) is 0 Å². The number of aryl methyl sites for hydroxylation is 2. The van der Waals surface area contributed by atoms with Crippen LogP contribution in [0.4, 0.5) is 0 Å². The van der Waals surface area contributed by atoms with E-state index >= 15 is 0 Å². The maximum Gasteiger partial charge on any atom is 0.324 e. The van der Waals surface area contributed by atoms with Crippen molar-refractivity contribution in [1.29, 1.82) is 0 Å². The summed E-state index contributed by atoms with van der Waals surface area (Å²) in [5, 5.41) is 0. The van der Waals surface area contributed by atoms with Crippen LogP contribution in [0.5, 0.6) is 0 Å². The molecule has 0 N–H and O–H groups in total. The molecule has 0 spiro atoms. The number of rotatable bonds is 3. The van der Waals surface area contributed by atoms with Gasteiger partial charge in [-0.25, -0.2) is 0 Å². The minimum absolute atomic E-state index is 0.510. The van der Waals surface area contributed by atoms with Gasteiger partial charge < -0.3 is 9.47 Å². The fourth-order valence-electron chi connectivity index (χ4n) is 2.91. The molecule has 0 radical (unpaired) electrons. The molecule has 1 fully saturated rings. The molecule has 4 nitrogen and oxygen atoms in total. The average molecular weight is 304 g/mol. The van der Waals surface area contributed by atoms with Gasteiger partial charge in [0.1, 0.15) is 0 Å². The van der Waals surface area contributed by atoms with Crippen LogP contribution in [-0.2, 0) is 24.5 Å². The van der Waals surface area contributed by atoms with E-state index in [9.17, 15) is 9.59 Å². The molecule has 1 heterocycles. The van der Waals surface area contributed by atoms with Gasteiger partial charge >= 0.3 is 11.9 Å². The summed E-state index contributed by atoms with van der Waals surface area (Å²) in [5.41, 5.74) is 2.62. The molecule has 0 saturated carbocycles. The second-order valence-corrected chi connectivity index (χ2v) is 6.75. The SMILES string of the molecule is CC[C@@](C)(c1ccc(C)c(C)c1)C1C(=O)OC(C)(C)OC1=O. The molecule has 1 saturated heterocycles. The Bertz CT molecular complexity index is 598. The monoisotopic (exact) mass is 304 g/mol. The van der Waals surface area contributed by atoms with Crippen LogP contribution in [0.1, 0.15) is 50.8 Å². The van der Waals surface area contributed by atoms with Crippen molar-refractivity contribution in [3.63, 3.8) is 0 Å². The summed E-state index contributed by atoms with van der Waals surface area (Å²) in [5.74, 6) is -3.15. The van der Waals surface area contributed by atoms with Gasteiger partial charge in [-0.05, 0) is 37.0 Å². The molecular weight excluding hydrogens is 280 g/mol. The van der Waals surface area contributed by atoms with E-state index in [1.807, 2.05) is 45.9 Å². The summed E-state index contributed by atoms with van der Waals surface area (Å²) in [6.07, 6.45) is 0.630. The molecule has 1 aliphatic heterocycles. The highest BCUT2D eigenvalue weighted by atomic mass is 16.7. The number of carbonyl (C=O) groups excluding carboxylic acids is 2. The van der Waals surface area contributed by atoms with E-state index in [1.54, 1.807) is 13.8 Å². The Morgan fingerprint density at radius 1 is 1.09 bits per heavy atom. The number of hydrogen-bond acceptors (Lipinski definition) is 4. The Morgan fingerprint density at radius 2 is 1.64 bits per heavy atom. The first-order valence-corrected chi connectivity index (χ1v) is 7.64. The Labute approximate surface area is 131 Å². The zero-order valence-electron chi connectivity index (χ0n) is 14.1. The predicted octanol–water partition coefficient (Wildman–Crippen LogP) is 3.42. The topological polar surface area (TPSA) is 52.6 Å². The summed E-state index contributed by atoms with van der Waals surface area (Å²) >= 11 is 0. The lowest BCUT2D eigenvalue weighted by Gasteiger charge is -2.41. The van der Waals surface area contributed by atoms with E-state index < -0.39 is 29.1 Å². The normalized spacial score (nSPS) is 21.0. The minimum atomic E-state index is -1.19. The lowest BCUT2D eigenvalue weighted by Crippen LogP contribution is -2.53. The molecular formula is C18H24O4. The van der Waals surface area contributed by atoms with Gasteiger partial charge in [0.2, 0.25) is 0 Å². The molecule has 4 heteroatoms. The molecule has 0 aliphatic carbocycles. The van der Waals surface area contributed by atoms with Gasteiger partial charge in [-0.2, -0.15) is 0 Å². The van der Waals surface area contributed by atoms with Crippen LogP contribution in [0.15, 0.2) is 18.2 Å². The molecule has 1 aromatic carbocycles. The zero-order valence-corrected chi connectivity index (χ0v) is 14.1. The molecule has 22 heavy (non-hydrogen) atoms. The van der Waals surface area contributed by atoms with Crippen molar-refractivity contribution in [2.75, 3.05) is 0 Å². The first-order chi connectivity index (χ1) is 10.1. The number of cyclic esters (lactones) is 2. The van der Waals surface area contributed by atoms with Crippen molar-refractivity contribution >= 4 is 11.9 Å². The summed E-state index contributed by atoms with van der Waals surface area (Å²) in [6.45, 7) is 11.1. The number of hydrogen-bond donors (Lipinski definition) is 0. The largest absolute Gasteiger partial charge is 0.422 e. The van der Waals surface area contributed by atoms with E-state index in [-0.39, 0.29) is 0 Å². The summed E-state index contributed by atoms with van der Waals surface area (Å²) in [4.78, 5) is 24.9. The van der Waals surface area contributed by atoms with Crippen molar-refractivity contribution in [2.24, 2.45) is 5.92 Å². The Morgan fingerprint density at radius 3 is 2.09 bits per heavy atom. The Balaban J connectivity index is 2.47. The van der Waals surface area contributed by atoms with Gasteiger partial charge in [0.25, 0.3) is 5.79 Å². The third-order valence-corrected chi connectivity index (χ3v) is 4.70. The van der Waals surface area contributed by atoms with Crippen LogP contribution in [-0.4, -0.2) is 17.7 Å². The molecule has 1 aliphatic rings. The highest BCUT2D eigenvalue weighted by Gasteiger charge is 2.52. The summed E-state index contributed by atoms with van der Waals surface area (Å²) in [7, 11) is 0. The van der Waals surface area contributed by atoms with E-state index in [1.165, 1.54) is 5.56 Å². The number of carbonyl (C=O) groups is 2. The molecule has 1 atom stereocenters. The second kappa shape index (κ2) is 5.41. The Kier molecular flexibility index (Phi) is 4.07. The van der Waals surface area contributed by atoms with Crippen LogP contribution >= 0.6 is 0 Å². The van der Waals surface area contributed by atoms with Crippen molar-refractivity contribution in [2.45, 2.75) is 59.2 Å². The molecule has 2 rings (SSSR count). The molecule has 0 bridgehead atoms. The van der Waals surface area contributed by atoms with Crippen molar-refractivity contribution in [3.8, 4) is 0 Å².